The van der Waals surface area contributed by atoms with Crippen molar-refractivity contribution in [3.8, 4) is 5.75 Å². The number of phenolic OH excluding ortho intramolecular Hbond substituents is 1. The predicted octanol–water partition coefficient (Wildman–Crippen LogP) is 5.16. The molecular weight excluding hydrogens is 369 g/mol. The Morgan fingerprint density at radius 3 is 2.18 bits per heavy atom. The molecule has 0 aliphatic carbocycles. The van der Waals surface area contributed by atoms with Gasteiger partial charge in [-0.15, -0.1) is 0 Å². The van der Waals surface area contributed by atoms with E-state index in [0.717, 1.165) is 30.5 Å². The average molecular weight is 390 g/mol. The largest absolute Gasteiger partial charge is 0.508 e. The Hall–Kier alpha value is -2.83. The molecule has 1 aliphatic rings. The van der Waals surface area contributed by atoms with Gasteiger partial charge in [0.2, 0.25) is 0 Å². The third kappa shape index (κ3) is 4.03. The van der Waals surface area contributed by atoms with Gasteiger partial charge in [0.15, 0.2) is 0 Å². The Morgan fingerprint density at radius 1 is 1.00 bits per heavy atom. The van der Waals surface area contributed by atoms with Gasteiger partial charge in [-0.05, 0) is 75.1 Å². The number of carbonyl (C=O) groups is 1. The molecule has 0 bridgehead atoms. The van der Waals surface area contributed by atoms with Gasteiger partial charge in [-0.2, -0.15) is 18.3 Å². The molecule has 1 heterocycles. The summed E-state index contributed by atoms with van der Waals surface area (Å²) in [6, 6.07) is 11.4. The van der Waals surface area contributed by atoms with Crippen LogP contribution >= 0.6 is 0 Å². The van der Waals surface area contributed by atoms with Crippen LogP contribution in [-0.4, -0.2) is 16.7 Å². The molecule has 3 rings (SSSR count). The second-order valence-corrected chi connectivity index (χ2v) is 7.35. The van der Waals surface area contributed by atoms with Crippen LogP contribution in [0.15, 0.2) is 53.6 Å². The minimum atomic E-state index is -4.42. The number of aryl methyl sites for hydroxylation is 1. The van der Waals surface area contributed by atoms with E-state index in [1.807, 2.05) is 12.1 Å². The van der Waals surface area contributed by atoms with Crippen LogP contribution in [-0.2, 0) is 17.4 Å². The number of rotatable bonds is 5. The van der Waals surface area contributed by atoms with Crippen molar-refractivity contribution in [2.75, 3.05) is 5.01 Å². The Labute approximate surface area is 161 Å². The molecule has 7 heteroatoms. The van der Waals surface area contributed by atoms with Gasteiger partial charge in [-0.1, -0.05) is 12.1 Å². The van der Waals surface area contributed by atoms with E-state index in [0.29, 0.717) is 17.8 Å². The molecule has 0 radical (unpaired) electrons. The lowest BCUT2D eigenvalue weighted by Crippen LogP contribution is -2.34. The number of carbonyl (C=O) groups excluding carboxylic acids is 1. The molecular formula is C21H21F3N2O2. The summed E-state index contributed by atoms with van der Waals surface area (Å²) in [6.07, 6.45) is -2.29. The standard InChI is InChI=1S/C21H21F3N2O2/c1-20(2)18(5-3-4-14-6-12-17(27)13-7-14)25-26(19(20)28)16-10-8-15(9-11-16)21(22,23)24/h6-13,27H,3-5H2,1-2H3. The molecule has 1 N–H and O–H groups in total. The summed E-state index contributed by atoms with van der Waals surface area (Å²) >= 11 is 0. The van der Waals surface area contributed by atoms with Crippen LogP contribution in [0, 0.1) is 5.41 Å². The number of hydrogen-bond acceptors (Lipinski definition) is 3. The highest BCUT2D eigenvalue weighted by molar-refractivity contribution is 6.18. The zero-order chi connectivity index (χ0) is 20.5. The molecule has 0 unspecified atom stereocenters. The lowest BCUT2D eigenvalue weighted by Gasteiger charge is -2.19. The Kier molecular flexibility index (Phi) is 5.19. The maximum atomic E-state index is 12.8. The number of amides is 1. The van der Waals surface area contributed by atoms with Crippen LogP contribution in [0.3, 0.4) is 0 Å². The van der Waals surface area contributed by atoms with E-state index >= 15 is 0 Å². The average Bonchev–Trinajstić information content (AvgIpc) is 2.86. The van der Waals surface area contributed by atoms with Crippen molar-refractivity contribution in [3.05, 3.63) is 59.7 Å². The van der Waals surface area contributed by atoms with Gasteiger partial charge in [0, 0.05) is 0 Å². The van der Waals surface area contributed by atoms with E-state index in [1.165, 1.54) is 17.1 Å². The first-order chi connectivity index (χ1) is 13.1. The molecule has 4 nitrogen and oxygen atoms in total. The van der Waals surface area contributed by atoms with Gasteiger partial charge >= 0.3 is 6.18 Å². The smallest absolute Gasteiger partial charge is 0.416 e. The highest BCUT2D eigenvalue weighted by atomic mass is 19.4. The van der Waals surface area contributed by atoms with Crippen molar-refractivity contribution in [1.29, 1.82) is 0 Å². The first-order valence-corrected chi connectivity index (χ1v) is 8.97. The number of hydrogen-bond donors (Lipinski definition) is 1. The van der Waals surface area contributed by atoms with Gasteiger partial charge in [0.25, 0.3) is 5.91 Å². The fraction of sp³-hybridized carbons (Fsp3) is 0.333. The number of alkyl halides is 3. The highest BCUT2D eigenvalue weighted by Crippen LogP contribution is 2.36. The maximum absolute atomic E-state index is 12.8. The van der Waals surface area contributed by atoms with E-state index in [2.05, 4.69) is 5.10 Å². The molecule has 0 fully saturated rings. The van der Waals surface area contributed by atoms with Crippen molar-refractivity contribution in [2.24, 2.45) is 10.5 Å². The maximum Gasteiger partial charge on any atom is 0.416 e. The molecule has 1 aliphatic heterocycles. The molecule has 1 amide bonds. The van der Waals surface area contributed by atoms with E-state index in [9.17, 15) is 23.1 Å². The number of halogens is 3. The minimum absolute atomic E-state index is 0.211. The number of phenols is 1. The zero-order valence-electron chi connectivity index (χ0n) is 15.6. The Balaban J connectivity index is 1.72. The van der Waals surface area contributed by atoms with Gasteiger partial charge in [-0.25, -0.2) is 5.01 Å². The first-order valence-electron chi connectivity index (χ1n) is 8.97. The molecule has 0 saturated carbocycles. The third-order valence-corrected chi connectivity index (χ3v) is 4.92. The normalized spacial score (nSPS) is 16.4. The first kappa shape index (κ1) is 19.9. The number of nitrogens with zero attached hydrogens (tertiary/aromatic N) is 2. The summed E-state index contributed by atoms with van der Waals surface area (Å²) in [6.45, 7) is 3.55. The van der Waals surface area contributed by atoms with Crippen molar-refractivity contribution in [3.63, 3.8) is 0 Å². The monoisotopic (exact) mass is 390 g/mol. The number of aromatic hydroxyl groups is 1. The molecule has 28 heavy (non-hydrogen) atoms. The fourth-order valence-electron chi connectivity index (χ4n) is 3.13. The van der Waals surface area contributed by atoms with Gasteiger partial charge < -0.3 is 5.11 Å². The summed E-state index contributed by atoms with van der Waals surface area (Å²) in [5.41, 5.74) is 0.522. The van der Waals surface area contributed by atoms with Crippen LogP contribution in [0.4, 0.5) is 18.9 Å². The second kappa shape index (κ2) is 7.30. The second-order valence-electron chi connectivity index (χ2n) is 7.35. The van der Waals surface area contributed by atoms with Crippen LogP contribution in [0.2, 0.25) is 0 Å². The van der Waals surface area contributed by atoms with Crippen LogP contribution in [0.5, 0.6) is 5.75 Å². The van der Waals surface area contributed by atoms with Crippen LogP contribution in [0.25, 0.3) is 0 Å². The number of hydrazone groups is 1. The summed E-state index contributed by atoms with van der Waals surface area (Å²) in [7, 11) is 0. The topological polar surface area (TPSA) is 52.9 Å². The predicted molar refractivity (Wildman–Crippen MR) is 101 cm³/mol. The summed E-state index contributed by atoms with van der Waals surface area (Å²) in [4.78, 5) is 12.8. The number of anilines is 1. The highest BCUT2D eigenvalue weighted by Gasteiger charge is 2.43. The third-order valence-electron chi connectivity index (χ3n) is 4.92. The number of benzene rings is 2. The SMILES string of the molecule is CC1(C)C(=O)N(c2ccc(C(F)(F)F)cc2)N=C1CCCc1ccc(O)cc1. The quantitative estimate of drug-likeness (QED) is 0.766. The van der Waals surface area contributed by atoms with Crippen molar-refractivity contribution in [2.45, 2.75) is 39.3 Å². The van der Waals surface area contributed by atoms with E-state index < -0.39 is 17.2 Å². The van der Waals surface area contributed by atoms with E-state index in [-0.39, 0.29) is 11.7 Å². The van der Waals surface area contributed by atoms with Crippen LogP contribution < -0.4 is 5.01 Å². The van der Waals surface area contributed by atoms with Crippen LogP contribution in [0.1, 0.15) is 37.8 Å². The van der Waals surface area contributed by atoms with E-state index in [1.54, 1.807) is 26.0 Å². The molecule has 0 aromatic heterocycles. The van der Waals surface area contributed by atoms with Gasteiger partial charge in [-0.3, -0.25) is 4.79 Å². The van der Waals surface area contributed by atoms with Gasteiger partial charge in [0.1, 0.15) is 5.75 Å². The zero-order valence-corrected chi connectivity index (χ0v) is 15.6. The van der Waals surface area contributed by atoms with Crippen molar-refractivity contribution < 1.29 is 23.1 Å². The fourth-order valence-corrected chi connectivity index (χ4v) is 3.13. The molecule has 148 valence electrons. The molecule has 0 saturated heterocycles. The minimum Gasteiger partial charge on any atom is -0.508 e. The molecule has 0 spiro atoms. The Morgan fingerprint density at radius 2 is 1.61 bits per heavy atom. The van der Waals surface area contributed by atoms with E-state index in [4.69, 9.17) is 0 Å². The molecule has 2 aromatic carbocycles. The van der Waals surface area contributed by atoms with Gasteiger partial charge in [0.05, 0.1) is 22.4 Å². The lowest BCUT2D eigenvalue weighted by atomic mass is 9.84. The molecule has 2 aromatic rings. The summed E-state index contributed by atoms with van der Waals surface area (Å²) < 4.78 is 38.2. The molecule has 0 atom stereocenters. The Bertz CT molecular complexity index is 885. The summed E-state index contributed by atoms with van der Waals surface area (Å²) in [5.74, 6) is -0.0466. The lowest BCUT2D eigenvalue weighted by molar-refractivity contribution is -0.137. The van der Waals surface area contributed by atoms with Crippen molar-refractivity contribution in [1.82, 2.24) is 0 Å². The van der Waals surface area contributed by atoms with Crippen molar-refractivity contribution >= 4 is 17.3 Å². The summed E-state index contributed by atoms with van der Waals surface area (Å²) in [5, 5.41) is 14.9.